The quantitative estimate of drug-likeness (QED) is 0.553. The first-order valence-electron chi connectivity index (χ1n) is 5.70. The summed E-state index contributed by atoms with van der Waals surface area (Å²) in [6.45, 7) is 0. The molecule has 0 spiro atoms. The molecule has 0 aromatic carbocycles. The molecule has 0 radical (unpaired) electrons. The van der Waals surface area contributed by atoms with Crippen LogP contribution < -0.4 is 5.73 Å². The summed E-state index contributed by atoms with van der Waals surface area (Å²) in [6.07, 6.45) is 4.11. The summed E-state index contributed by atoms with van der Waals surface area (Å²) in [4.78, 5) is 11.4. The molecule has 0 heterocycles. The molecule has 4 N–H and O–H groups in total. The summed E-state index contributed by atoms with van der Waals surface area (Å²) in [6, 6.07) is 0. The molecule has 0 aromatic rings. The molecular formula is C11H17NO3. The van der Waals surface area contributed by atoms with Crippen LogP contribution in [-0.4, -0.2) is 21.9 Å². The standard InChI is InChI=1S/C11H17NO3/c12-11(15)8-2-6-1-7(3-8)5-10(11,4-6)9(13)14/h6-8,15H,1-5,12H2,(H,13,14). The zero-order valence-electron chi connectivity index (χ0n) is 8.65. The Morgan fingerprint density at radius 2 is 1.73 bits per heavy atom. The van der Waals surface area contributed by atoms with E-state index in [-0.39, 0.29) is 5.92 Å². The highest BCUT2D eigenvalue weighted by atomic mass is 16.4. The molecule has 3 atom stereocenters. The Hall–Kier alpha value is -0.610. The van der Waals surface area contributed by atoms with Crippen molar-refractivity contribution in [3.05, 3.63) is 0 Å². The second-order valence-electron chi connectivity index (χ2n) is 5.76. The molecule has 4 saturated carbocycles. The van der Waals surface area contributed by atoms with Crippen LogP contribution >= 0.6 is 0 Å². The highest BCUT2D eigenvalue weighted by Crippen LogP contribution is 2.62. The van der Waals surface area contributed by atoms with Gasteiger partial charge in [0.05, 0.1) is 0 Å². The Bertz CT molecular complexity index is 312. The minimum Gasteiger partial charge on any atom is -0.481 e. The van der Waals surface area contributed by atoms with Gasteiger partial charge in [-0.15, -0.1) is 0 Å². The van der Waals surface area contributed by atoms with Gasteiger partial charge in [0.1, 0.15) is 11.1 Å². The Balaban J connectivity index is 2.08. The predicted octanol–water partition coefficient (Wildman–Crippen LogP) is 0.545. The van der Waals surface area contributed by atoms with Gasteiger partial charge in [-0.25, -0.2) is 0 Å². The van der Waals surface area contributed by atoms with Crippen molar-refractivity contribution in [1.29, 1.82) is 0 Å². The van der Waals surface area contributed by atoms with Crippen molar-refractivity contribution in [2.45, 2.75) is 37.8 Å². The van der Waals surface area contributed by atoms with Crippen LogP contribution in [0, 0.1) is 23.2 Å². The van der Waals surface area contributed by atoms with Gasteiger partial charge in [-0.05, 0) is 43.9 Å². The second-order valence-corrected chi connectivity index (χ2v) is 5.76. The summed E-state index contributed by atoms with van der Waals surface area (Å²) < 4.78 is 0. The van der Waals surface area contributed by atoms with Gasteiger partial charge in [0.25, 0.3) is 0 Å². The Morgan fingerprint density at radius 1 is 1.20 bits per heavy atom. The fraction of sp³-hybridized carbons (Fsp3) is 0.909. The van der Waals surface area contributed by atoms with Crippen molar-refractivity contribution >= 4 is 5.97 Å². The number of aliphatic hydroxyl groups is 1. The summed E-state index contributed by atoms with van der Waals surface area (Å²) in [5.74, 6) is 0.0521. The van der Waals surface area contributed by atoms with Crippen molar-refractivity contribution in [1.82, 2.24) is 0 Å². The summed E-state index contributed by atoms with van der Waals surface area (Å²) in [7, 11) is 0. The van der Waals surface area contributed by atoms with Crippen molar-refractivity contribution in [3.63, 3.8) is 0 Å². The molecule has 4 heteroatoms. The van der Waals surface area contributed by atoms with Gasteiger partial charge in [-0.1, -0.05) is 0 Å². The number of nitrogens with two attached hydrogens (primary N) is 1. The first-order chi connectivity index (χ1) is 6.96. The zero-order chi connectivity index (χ0) is 10.8. The van der Waals surface area contributed by atoms with E-state index in [0.29, 0.717) is 24.7 Å². The van der Waals surface area contributed by atoms with Crippen LogP contribution in [0.4, 0.5) is 0 Å². The molecule has 4 rings (SSSR count). The summed E-state index contributed by atoms with van der Waals surface area (Å²) in [5.41, 5.74) is 3.39. The number of hydrogen-bond donors (Lipinski definition) is 3. The van der Waals surface area contributed by atoms with Crippen molar-refractivity contribution < 1.29 is 15.0 Å². The first-order valence-corrected chi connectivity index (χ1v) is 5.70. The molecule has 84 valence electrons. The Labute approximate surface area is 88.5 Å². The monoisotopic (exact) mass is 211 g/mol. The van der Waals surface area contributed by atoms with Crippen LogP contribution in [-0.2, 0) is 4.79 Å². The predicted molar refractivity (Wildman–Crippen MR) is 52.8 cm³/mol. The van der Waals surface area contributed by atoms with Gasteiger partial charge in [0.15, 0.2) is 0 Å². The molecule has 0 saturated heterocycles. The number of carbonyl (C=O) groups is 1. The number of carboxylic acids is 1. The van der Waals surface area contributed by atoms with E-state index < -0.39 is 17.1 Å². The molecule has 4 fully saturated rings. The van der Waals surface area contributed by atoms with Crippen LogP contribution in [0.1, 0.15) is 32.1 Å². The van der Waals surface area contributed by atoms with E-state index in [1.807, 2.05) is 0 Å². The molecule has 4 aliphatic carbocycles. The maximum atomic E-state index is 11.4. The maximum Gasteiger partial charge on any atom is 0.314 e. The average Bonchev–Trinajstić information content (AvgIpc) is 2.13. The molecule has 4 nitrogen and oxygen atoms in total. The van der Waals surface area contributed by atoms with Crippen molar-refractivity contribution in [2.75, 3.05) is 0 Å². The van der Waals surface area contributed by atoms with Gasteiger partial charge in [0.2, 0.25) is 0 Å². The molecule has 4 bridgehead atoms. The third-order valence-corrected chi connectivity index (χ3v) is 4.98. The van der Waals surface area contributed by atoms with Crippen molar-refractivity contribution in [3.8, 4) is 0 Å². The zero-order valence-corrected chi connectivity index (χ0v) is 8.65. The van der Waals surface area contributed by atoms with Crippen molar-refractivity contribution in [2.24, 2.45) is 28.9 Å². The lowest BCUT2D eigenvalue weighted by Crippen LogP contribution is -2.71. The summed E-state index contributed by atoms with van der Waals surface area (Å²) in [5, 5.41) is 19.7. The van der Waals surface area contributed by atoms with Gasteiger partial charge in [0, 0.05) is 5.92 Å². The molecular weight excluding hydrogens is 194 g/mol. The minimum absolute atomic E-state index is 0.000139. The fourth-order valence-electron chi connectivity index (χ4n) is 4.39. The smallest absolute Gasteiger partial charge is 0.314 e. The van der Waals surface area contributed by atoms with Gasteiger partial charge >= 0.3 is 5.97 Å². The van der Waals surface area contributed by atoms with Crippen LogP contribution in [0.25, 0.3) is 0 Å². The Kier molecular flexibility index (Phi) is 1.63. The molecule has 0 aliphatic heterocycles. The first kappa shape index (κ1) is 9.60. The molecule has 15 heavy (non-hydrogen) atoms. The minimum atomic E-state index is -1.48. The van der Waals surface area contributed by atoms with E-state index in [1.54, 1.807) is 0 Å². The lowest BCUT2D eigenvalue weighted by molar-refractivity contribution is -0.233. The number of rotatable bonds is 1. The number of aliphatic carboxylic acids is 1. The van der Waals surface area contributed by atoms with Gasteiger partial charge in [-0.2, -0.15) is 0 Å². The summed E-state index contributed by atoms with van der Waals surface area (Å²) >= 11 is 0. The fourth-order valence-corrected chi connectivity index (χ4v) is 4.39. The third kappa shape index (κ3) is 0.967. The van der Waals surface area contributed by atoms with E-state index in [9.17, 15) is 15.0 Å². The van der Waals surface area contributed by atoms with E-state index in [0.717, 1.165) is 19.3 Å². The number of hydrogen-bond acceptors (Lipinski definition) is 3. The van der Waals surface area contributed by atoms with Crippen LogP contribution in [0.15, 0.2) is 0 Å². The second kappa shape index (κ2) is 2.55. The SMILES string of the molecule is NC1(O)C2CC3CC(C2)CC1(C(=O)O)C3. The lowest BCUT2D eigenvalue weighted by atomic mass is 9.46. The number of carboxylic acid groups (broad SMARTS) is 1. The lowest BCUT2D eigenvalue weighted by Gasteiger charge is -2.61. The van der Waals surface area contributed by atoms with Crippen LogP contribution in [0.3, 0.4) is 0 Å². The Morgan fingerprint density at radius 3 is 2.20 bits per heavy atom. The highest BCUT2D eigenvalue weighted by Gasteiger charge is 2.67. The third-order valence-electron chi connectivity index (χ3n) is 4.98. The van der Waals surface area contributed by atoms with Gasteiger partial charge < -0.3 is 15.9 Å². The average molecular weight is 211 g/mol. The van der Waals surface area contributed by atoms with E-state index in [1.165, 1.54) is 0 Å². The molecule has 0 aromatic heterocycles. The van der Waals surface area contributed by atoms with E-state index in [2.05, 4.69) is 0 Å². The largest absolute Gasteiger partial charge is 0.481 e. The van der Waals surface area contributed by atoms with E-state index >= 15 is 0 Å². The molecule has 4 aliphatic rings. The normalized spacial score (nSPS) is 57.1. The van der Waals surface area contributed by atoms with Crippen LogP contribution in [0.5, 0.6) is 0 Å². The highest BCUT2D eigenvalue weighted by molar-refractivity contribution is 5.77. The molecule has 3 unspecified atom stereocenters. The maximum absolute atomic E-state index is 11.4. The van der Waals surface area contributed by atoms with Gasteiger partial charge in [-0.3, -0.25) is 4.79 Å². The molecule has 0 amide bonds. The topological polar surface area (TPSA) is 83.5 Å². The van der Waals surface area contributed by atoms with E-state index in [4.69, 9.17) is 5.73 Å². The van der Waals surface area contributed by atoms with Crippen LogP contribution in [0.2, 0.25) is 0 Å².